The molecule has 0 fully saturated rings. The summed E-state index contributed by atoms with van der Waals surface area (Å²) < 4.78 is 0. The van der Waals surface area contributed by atoms with Gasteiger partial charge in [-0.2, -0.15) is 0 Å². The number of carboxylic acids is 1. The van der Waals surface area contributed by atoms with E-state index >= 15 is 0 Å². The van der Waals surface area contributed by atoms with Crippen LogP contribution in [0.1, 0.15) is 32.1 Å². The van der Waals surface area contributed by atoms with Crippen LogP contribution in [0, 0.1) is 0 Å². The molecule has 1 amide bonds. The third-order valence-corrected chi connectivity index (χ3v) is 2.19. The number of nitrogens with one attached hydrogen (secondary N) is 1. The summed E-state index contributed by atoms with van der Waals surface area (Å²) in [6, 6.07) is -0.808. The van der Waals surface area contributed by atoms with Gasteiger partial charge in [-0.05, 0) is 38.8 Å². The zero-order valence-electron chi connectivity index (χ0n) is 9.45. The van der Waals surface area contributed by atoms with Crippen LogP contribution in [0.4, 0.5) is 0 Å². The highest BCUT2D eigenvalue weighted by atomic mass is 16.4. The number of hydrogen-bond donors (Lipinski definition) is 4. The maximum Gasteiger partial charge on any atom is 0.326 e. The van der Waals surface area contributed by atoms with Gasteiger partial charge in [0.25, 0.3) is 0 Å². The Hall–Kier alpha value is -1.14. The van der Waals surface area contributed by atoms with Crippen LogP contribution in [0.5, 0.6) is 0 Å². The molecule has 0 bridgehead atoms. The van der Waals surface area contributed by atoms with E-state index < -0.39 is 12.0 Å². The minimum atomic E-state index is -1.00. The number of hydrogen-bond acceptors (Lipinski definition) is 4. The van der Waals surface area contributed by atoms with Crippen molar-refractivity contribution in [2.24, 2.45) is 11.5 Å². The topological polar surface area (TPSA) is 118 Å². The first-order valence-corrected chi connectivity index (χ1v) is 5.54. The Morgan fingerprint density at radius 2 is 1.75 bits per heavy atom. The summed E-state index contributed by atoms with van der Waals surface area (Å²) in [5.74, 6) is -1.26. The summed E-state index contributed by atoms with van der Waals surface area (Å²) >= 11 is 0. The average Bonchev–Trinajstić information content (AvgIpc) is 2.25. The van der Waals surface area contributed by atoms with Gasteiger partial charge in [0.05, 0.1) is 0 Å². The maximum atomic E-state index is 11.3. The molecule has 0 aliphatic rings. The monoisotopic (exact) mass is 231 g/mol. The number of amides is 1. The maximum absolute atomic E-state index is 11.3. The Morgan fingerprint density at radius 1 is 1.12 bits per heavy atom. The molecule has 0 heterocycles. The van der Waals surface area contributed by atoms with Crippen LogP contribution >= 0.6 is 0 Å². The summed E-state index contributed by atoms with van der Waals surface area (Å²) in [4.78, 5) is 22.1. The SMILES string of the molecule is NCCCC[C@@H](NC(=O)CCCN)C(=O)O. The highest BCUT2D eigenvalue weighted by Gasteiger charge is 2.18. The minimum absolute atomic E-state index is 0.259. The standard InChI is InChI=1S/C10H21N3O3/c11-6-2-1-4-8(10(15)16)13-9(14)5-3-7-12/h8H,1-7,11-12H2,(H,13,14)(H,15,16)/t8-/m1/s1. The van der Waals surface area contributed by atoms with Crippen molar-refractivity contribution in [2.45, 2.75) is 38.1 Å². The van der Waals surface area contributed by atoms with Gasteiger partial charge in [-0.25, -0.2) is 4.79 Å². The molecule has 0 saturated carbocycles. The molecular formula is C10H21N3O3. The minimum Gasteiger partial charge on any atom is -0.480 e. The van der Waals surface area contributed by atoms with E-state index in [1.807, 2.05) is 0 Å². The summed E-state index contributed by atoms with van der Waals surface area (Å²) in [5.41, 5.74) is 10.6. The normalized spacial score (nSPS) is 12.1. The molecule has 6 nitrogen and oxygen atoms in total. The second-order valence-electron chi connectivity index (χ2n) is 3.64. The van der Waals surface area contributed by atoms with Crippen molar-refractivity contribution in [1.29, 1.82) is 0 Å². The summed E-state index contributed by atoms with van der Waals surface area (Å²) in [7, 11) is 0. The fourth-order valence-corrected chi connectivity index (χ4v) is 1.28. The first kappa shape index (κ1) is 14.9. The van der Waals surface area contributed by atoms with Crippen LogP contribution in [0.15, 0.2) is 0 Å². The van der Waals surface area contributed by atoms with Crippen LogP contribution in [-0.2, 0) is 9.59 Å². The van der Waals surface area contributed by atoms with Gasteiger partial charge in [-0.15, -0.1) is 0 Å². The number of carboxylic acid groups (broad SMARTS) is 1. The van der Waals surface area contributed by atoms with Gasteiger partial charge >= 0.3 is 5.97 Å². The molecule has 0 saturated heterocycles. The molecule has 0 aromatic heterocycles. The molecule has 0 rings (SSSR count). The van der Waals surface area contributed by atoms with Gasteiger partial charge in [0, 0.05) is 6.42 Å². The van der Waals surface area contributed by atoms with Crippen molar-refractivity contribution in [3.05, 3.63) is 0 Å². The molecule has 0 aromatic rings. The molecule has 0 aliphatic heterocycles. The highest BCUT2D eigenvalue weighted by molar-refractivity contribution is 5.83. The van der Waals surface area contributed by atoms with E-state index in [0.29, 0.717) is 32.4 Å². The molecule has 94 valence electrons. The second-order valence-corrected chi connectivity index (χ2v) is 3.64. The molecule has 6 N–H and O–H groups in total. The van der Waals surface area contributed by atoms with Gasteiger partial charge in [0.2, 0.25) is 5.91 Å². The third-order valence-electron chi connectivity index (χ3n) is 2.19. The zero-order chi connectivity index (χ0) is 12.4. The summed E-state index contributed by atoms with van der Waals surface area (Å²) in [5, 5.41) is 11.4. The summed E-state index contributed by atoms with van der Waals surface area (Å²) in [6.07, 6.45) is 2.73. The van der Waals surface area contributed by atoms with Crippen LogP contribution < -0.4 is 16.8 Å². The number of nitrogens with two attached hydrogens (primary N) is 2. The number of rotatable bonds is 9. The predicted molar refractivity (Wildman–Crippen MR) is 60.8 cm³/mol. The average molecular weight is 231 g/mol. The molecule has 0 spiro atoms. The second kappa shape index (κ2) is 9.11. The molecule has 6 heteroatoms. The van der Waals surface area contributed by atoms with Crippen molar-refractivity contribution < 1.29 is 14.7 Å². The molecule has 1 atom stereocenters. The van der Waals surface area contributed by atoms with E-state index in [4.69, 9.17) is 16.6 Å². The van der Waals surface area contributed by atoms with Crippen molar-refractivity contribution in [3.63, 3.8) is 0 Å². The molecule has 16 heavy (non-hydrogen) atoms. The van der Waals surface area contributed by atoms with Crippen LogP contribution in [-0.4, -0.2) is 36.1 Å². The summed E-state index contributed by atoms with van der Waals surface area (Å²) in [6.45, 7) is 0.964. The Kier molecular flexibility index (Phi) is 8.46. The fourth-order valence-electron chi connectivity index (χ4n) is 1.28. The van der Waals surface area contributed by atoms with Crippen molar-refractivity contribution in [2.75, 3.05) is 13.1 Å². The quantitative estimate of drug-likeness (QED) is 0.396. The zero-order valence-corrected chi connectivity index (χ0v) is 9.45. The fraction of sp³-hybridized carbons (Fsp3) is 0.800. The Bertz CT molecular complexity index is 221. The Labute approximate surface area is 95.4 Å². The largest absolute Gasteiger partial charge is 0.480 e. The number of carbonyl (C=O) groups is 2. The van der Waals surface area contributed by atoms with Crippen molar-refractivity contribution >= 4 is 11.9 Å². The van der Waals surface area contributed by atoms with Gasteiger partial charge in [-0.3, -0.25) is 4.79 Å². The van der Waals surface area contributed by atoms with Gasteiger partial charge in [0.1, 0.15) is 6.04 Å². The molecular weight excluding hydrogens is 210 g/mol. The smallest absolute Gasteiger partial charge is 0.326 e. The van der Waals surface area contributed by atoms with E-state index in [-0.39, 0.29) is 12.3 Å². The first-order chi connectivity index (χ1) is 7.61. The van der Waals surface area contributed by atoms with Crippen molar-refractivity contribution in [1.82, 2.24) is 5.32 Å². The predicted octanol–water partition coefficient (Wildman–Crippen LogP) is -0.576. The van der Waals surface area contributed by atoms with Crippen molar-refractivity contribution in [3.8, 4) is 0 Å². The molecule has 0 unspecified atom stereocenters. The highest BCUT2D eigenvalue weighted by Crippen LogP contribution is 2.01. The lowest BCUT2D eigenvalue weighted by atomic mass is 10.1. The van der Waals surface area contributed by atoms with E-state index in [2.05, 4.69) is 5.32 Å². The van der Waals surface area contributed by atoms with E-state index in [1.54, 1.807) is 0 Å². The Morgan fingerprint density at radius 3 is 2.25 bits per heavy atom. The van der Waals surface area contributed by atoms with E-state index in [9.17, 15) is 9.59 Å². The van der Waals surface area contributed by atoms with Gasteiger partial charge in [-0.1, -0.05) is 0 Å². The number of carbonyl (C=O) groups excluding carboxylic acids is 1. The van der Waals surface area contributed by atoms with Gasteiger partial charge < -0.3 is 21.9 Å². The van der Waals surface area contributed by atoms with Crippen LogP contribution in [0.25, 0.3) is 0 Å². The van der Waals surface area contributed by atoms with E-state index in [0.717, 1.165) is 6.42 Å². The Balaban J connectivity index is 3.92. The lowest BCUT2D eigenvalue weighted by Gasteiger charge is -2.13. The molecule has 0 aliphatic carbocycles. The lowest BCUT2D eigenvalue weighted by molar-refractivity contribution is -0.142. The number of unbranched alkanes of at least 4 members (excludes halogenated alkanes) is 1. The third kappa shape index (κ3) is 7.19. The lowest BCUT2D eigenvalue weighted by Crippen LogP contribution is -2.40. The van der Waals surface area contributed by atoms with Crippen LogP contribution in [0.2, 0.25) is 0 Å². The molecule has 0 aromatic carbocycles. The van der Waals surface area contributed by atoms with E-state index in [1.165, 1.54) is 0 Å². The molecule has 0 radical (unpaired) electrons. The first-order valence-electron chi connectivity index (χ1n) is 5.54. The number of aliphatic carboxylic acids is 1. The van der Waals surface area contributed by atoms with Crippen LogP contribution in [0.3, 0.4) is 0 Å². The van der Waals surface area contributed by atoms with Gasteiger partial charge in [0.15, 0.2) is 0 Å².